The fraction of sp³-hybridized carbons (Fsp3) is 0.667. The zero-order chi connectivity index (χ0) is 18.2. The van der Waals surface area contributed by atoms with Crippen LogP contribution in [0.2, 0.25) is 0 Å². The molecule has 2 heterocycles. The SMILES string of the molecule is CC(C)CN1CCO[C@H](CNC(=O)NCc2ccnc(N(C)C)c2)C1. The average Bonchev–Trinajstić information content (AvgIpc) is 2.58. The molecule has 0 aliphatic carbocycles. The van der Waals surface area contributed by atoms with Crippen LogP contribution < -0.4 is 15.5 Å². The highest BCUT2D eigenvalue weighted by atomic mass is 16.5. The molecule has 1 aromatic heterocycles. The number of aromatic nitrogens is 1. The van der Waals surface area contributed by atoms with Gasteiger partial charge in [-0.1, -0.05) is 13.8 Å². The van der Waals surface area contributed by atoms with Crippen LogP contribution in [0.15, 0.2) is 18.3 Å². The minimum atomic E-state index is -0.173. The molecule has 140 valence electrons. The first-order valence-corrected chi connectivity index (χ1v) is 8.92. The summed E-state index contributed by atoms with van der Waals surface area (Å²) in [5, 5.41) is 5.79. The maximum absolute atomic E-state index is 12.0. The molecule has 1 aromatic rings. The number of nitrogens with zero attached hydrogens (tertiary/aromatic N) is 3. The summed E-state index contributed by atoms with van der Waals surface area (Å²) in [7, 11) is 3.89. The number of anilines is 1. The second-order valence-corrected chi connectivity index (χ2v) is 7.13. The number of pyridine rings is 1. The standard InChI is InChI=1S/C18H31N5O2/c1-14(2)12-23-7-8-25-16(13-23)11-21-18(24)20-10-15-5-6-19-17(9-15)22(3)4/h5-6,9,14,16H,7-8,10-13H2,1-4H3,(H2,20,21,24)/t16-/m1/s1. The first-order valence-electron chi connectivity index (χ1n) is 8.92. The minimum absolute atomic E-state index is 0.0551. The summed E-state index contributed by atoms with van der Waals surface area (Å²) in [6.45, 7) is 9.08. The number of hydrogen-bond acceptors (Lipinski definition) is 5. The molecule has 2 amide bonds. The van der Waals surface area contributed by atoms with E-state index in [9.17, 15) is 4.79 Å². The second-order valence-electron chi connectivity index (χ2n) is 7.13. The summed E-state index contributed by atoms with van der Waals surface area (Å²) in [6, 6.07) is 3.70. The number of ether oxygens (including phenoxy) is 1. The van der Waals surface area contributed by atoms with E-state index in [2.05, 4.69) is 34.4 Å². The van der Waals surface area contributed by atoms with Crippen molar-refractivity contribution in [2.75, 3.05) is 51.8 Å². The van der Waals surface area contributed by atoms with Crippen LogP contribution in [0.3, 0.4) is 0 Å². The number of amides is 2. The molecule has 0 bridgehead atoms. The minimum Gasteiger partial charge on any atom is -0.374 e. The van der Waals surface area contributed by atoms with Gasteiger partial charge in [-0.25, -0.2) is 9.78 Å². The van der Waals surface area contributed by atoms with Crippen LogP contribution in [0.5, 0.6) is 0 Å². The third-order valence-corrected chi connectivity index (χ3v) is 4.06. The first-order chi connectivity index (χ1) is 11.9. The molecule has 7 heteroatoms. The lowest BCUT2D eigenvalue weighted by Crippen LogP contribution is -2.49. The molecule has 2 rings (SSSR count). The van der Waals surface area contributed by atoms with Crippen LogP contribution in [0.4, 0.5) is 10.6 Å². The van der Waals surface area contributed by atoms with Gasteiger partial charge in [0.15, 0.2) is 0 Å². The van der Waals surface area contributed by atoms with Crippen molar-refractivity contribution in [3.05, 3.63) is 23.9 Å². The maximum atomic E-state index is 12.0. The van der Waals surface area contributed by atoms with Gasteiger partial charge in [0.2, 0.25) is 0 Å². The number of morpholine rings is 1. The fourth-order valence-electron chi connectivity index (χ4n) is 2.85. The van der Waals surface area contributed by atoms with E-state index in [0.717, 1.165) is 37.6 Å². The summed E-state index contributed by atoms with van der Waals surface area (Å²) in [4.78, 5) is 20.6. The van der Waals surface area contributed by atoms with Crippen LogP contribution >= 0.6 is 0 Å². The summed E-state index contributed by atoms with van der Waals surface area (Å²) in [6.07, 6.45) is 1.81. The molecule has 0 unspecified atom stereocenters. The molecule has 0 aromatic carbocycles. The van der Waals surface area contributed by atoms with Crippen molar-refractivity contribution in [2.24, 2.45) is 5.92 Å². The quantitative estimate of drug-likeness (QED) is 0.777. The number of hydrogen-bond donors (Lipinski definition) is 2. The van der Waals surface area contributed by atoms with Crippen molar-refractivity contribution in [2.45, 2.75) is 26.5 Å². The van der Waals surface area contributed by atoms with Crippen molar-refractivity contribution in [3.63, 3.8) is 0 Å². The molecule has 0 spiro atoms. The topological polar surface area (TPSA) is 69.7 Å². The summed E-state index contributed by atoms with van der Waals surface area (Å²) in [5.41, 5.74) is 1.02. The molecule has 1 aliphatic heterocycles. The van der Waals surface area contributed by atoms with Gasteiger partial charge in [0.25, 0.3) is 0 Å². The summed E-state index contributed by atoms with van der Waals surface area (Å²) < 4.78 is 5.75. The van der Waals surface area contributed by atoms with Crippen LogP contribution in [-0.2, 0) is 11.3 Å². The summed E-state index contributed by atoms with van der Waals surface area (Å²) in [5.74, 6) is 1.52. The van der Waals surface area contributed by atoms with Gasteiger partial charge in [-0.05, 0) is 23.6 Å². The van der Waals surface area contributed by atoms with E-state index in [1.807, 2.05) is 31.1 Å². The van der Waals surface area contributed by atoms with E-state index in [-0.39, 0.29) is 12.1 Å². The predicted octanol–water partition coefficient (Wildman–Crippen LogP) is 1.30. The van der Waals surface area contributed by atoms with Gasteiger partial charge < -0.3 is 20.3 Å². The Kier molecular flexibility index (Phi) is 7.46. The lowest BCUT2D eigenvalue weighted by molar-refractivity contribution is -0.0290. The third kappa shape index (κ3) is 6.88. The molecule has 0 saturated carbocycles. The largest absolute Gasteiger partial charge is 0.374 e. The van der Waals surface area contributed by atoms with Crippen molar-refractivity contribution < 1.29 is 9.53 Å². The Balaban J connectivity index is 1.71. The van der Waals surface area contributed by atoms with Crippen molar-refractivity contribution in [1.29, 1.82) is 0 Å². The van der Waals surface area contributed by atoms with Crippen molar-refractivity contribution in [1.82, 2.24) is 20.5 Å². The van der Waals surface area contributed by atoms with E-state index in [0.29, 0.717) is 19.0 Å². The lowest BCUT2D eigenvalue weighted by atomic mass is 10.2. The molecule has 1 saturated heterocycles. The van der Waals surface area contributed by atoms with Crippen molar-refractivity contribution in [3.8, 4) is 0 Å². The smallest absolute Gasteiger partial charge is 0.315 e. The lowest BCUT2D eigenvalue weighted by Gasteiger charge is -2.33. The first kappa shape index (κ1) is 19.5. The van der Waals surface area contributed by atoms with Crippen LogP contribution in [-0.4, -0.2) is 68.9 Å². The molecule has 1 fully saturated rings. The third-order valence-electron chi connectivity index (χ3n) is 4.06. The second kappa shape index (κ2) is 9.58. The maximum Gasteiger partial charge on any atom is 0.315 e. The van der Waals surface area contributed by atoms with Gasteiger partial charge in [0.1, 0.15) is 5.82 Å². The van der Waals surface area contributed by atoms with Crippen LogP contribution in [0.1, 0.15) is 19.4 Å². The van der Waals surface area contributed by atoms with E-state index < -0.39 is 0 Å². The highest BCUT2D eigenvalue weighted by Crippen LogP contribution is 2.09. The molecule has 2 N–H and O–H groups in total. The van der Waals surface area contributed by atoms with Gasteiger partial charge >= 0.3 is 6.03 Å². The molecular weight excluding hydrogens is 318 g/mol. The fourth-order valence-corrected chi connectivity index (χ4v) is 2.85. The van der Waals surface area contributed by atoms with Gasteiger partial charge in [0.05, 0.1) is 12.7 Å². The zero-order valence-electron chi connectivity index (χ0n) is 15.8. The monoisotopic (exact) mass is 349 g/mol. The number of rotatable bonds is 7. The van der Waals surface area contributed by atoms with Gasteiger partial charge in [-0.15, -0.1) is 0 Å². The normalized spacial score (nSPS) is 18.2. The Morgan fingerprint density at radius 1 is 1.44 bits per heavy atom. The number of carbonyl (C=O) groups excluding carboxylic acids is 1. The predicted molar refractivity (Wildman–Crippen MR) is 99.8 cm³/mol. The Labute approximate surface area is 150 Å². The van der Waals surface area contributed by atoms with E-state index in [1.165, 1.54) is 0 Å². The average molecular weight is 349 g/mol. The molecule has 0 radical (unpaired) electrons. The Morgan fingerprint density at radius 3 is 2.96 bits per heavy atom. The molecular formula is C18H31N5O2. The van der Waals surface area contributed by atoms with Crippen LogP contribution in [0.25, 0.3) is 0 Å². The number of nitrogens with one attached hydrogen (secondary N) is 2. The van der Waals surface area contributed by atoms with E-state index in [4.69, 9.17) is 4.74 Å². The Hall–Kier alpha value is -1.86. The van der Waals surface area contributed by atoms with E-state index >= 15 is 0 Å². The molecule has 25 heavy (non-hydrogen) atoms. The van der Waals surface area contributed by atoms with E-state index in [1.54, 1.807) is 6.20 Å². The molecule has 1 aliphatic rings. The summed E-state index contributed by atoms with van der Waals surface area (Å²) >= 11 is 0. The number of urea groups is 1. The van der Waals surface area contributed by atoms with Gasteiger partial charge in [0, 0.05) is 53.0 Å². The Bertz CT molecular complexity index is 550. The van der Waals surface area contributed by atoms with Gasteiger partial charge in [-0.2, -0.15) is 0 Å². The highest BCUT2D eigenvalue weighted by Gasteiger charge is 2.21. The Morgan fingerprint density at radius 2 is 2.24 bits per heavy atom. The van der Waals surface area contributed by atoms with Crippen LogP contribution in [0, 0.1) is 5.92 Å². The number of carbonyl (C=O) groups is 1. The molecule has 1 atom stereocenters. The molecule has 7 nitrogen and oxygen atoms in total. The zero-order valence-corrected chi connectivity index (χ0v) is 15.8. The van der Waals surface area contributed by atoms with Crippen molar-refractivity contribution >= 4 is 11.8 Å². The van der Waals surface area contributed by atoms with Gasteiger partial charge in [-0.3, -0.25) is 4.90 Å². The highest BCUT2D eigenvalue weighted by molar-refractivity contribution is 5.73.